The van der Waals surface area contributed by atoms with E-state index < -0.39 is 11.9 Å². The van der Waals surface area contributed by atoms with E-state index in [1.165, 1.54) is 7.11 Å². The van der Waals surface area contributed by atoms with Crippen LogP contribution in [0, 0.1) is 5.92 Å². The molecule has 1 aliphatic rings. The highest BCUT2D eigenvalue weighted by Gasteiger charge is 2.35. The number of anilines is 1. The van der Waals surface area contributed by atoms with Gasteiger partial charge in [-0.2, -0.15) is 0 Å². The minimum absolute atomic E-state index is 0.105. The van der Waals surface area contributed by atoms with Gasteiger partial charge in [-0.05, 0) is 48.4 Å². The minimum Gasteiger partial charge on any atom is -0.497 e. The molecule has 1 atom stereocenters. The standard InChI is InChI=1S/C22H24N2O5/c1-28-19-9-3-15(4-10-19)11-12-23-21(26)17-13-20(25)24(14-17)18-7-5-16(6-8-18)22(27)29-2/h3-10,17H,11-14H2,1-2H3,(H,23,26). The minimum atomic E-state index is -0.432. The van der Waals surface area contributed by atoms with E-state index in [2.05, 4.69) is 10.1 Å². The molecule has 1 aliphatic heterocycles. The van der Waals surface area contributed by atoms with Crippen LogP contribution < -0.4 is 15.0 Å². The number of rotatable bonds is 7. The van der Waals surface area contributed by atoms with Gasteiger partial charge in [-0.15, -0.1) is 0 Å². The molecule has 1 heterocycles. The second-order valence-corrected chi connectivity index (χ2v) is 6.83. The fraction of sp³-hybridized carbons (Fsp3) is 0.318. The Hall–Kier alpha value is -3.35. The first-order valence-electron chi connectivity index (χ1n) is 9.41. The van der Waals surface area contributed by atoms with Gasteiger partial charge in [0.05, 0.1) is 25.7 Å². The lowest BCUT2D eigenvalue weighted by molar-refractivity contribution is -0.126. The summed E-state index contributed by atoms with van der Waals surface area (Å²) in [7, 11) is 2.94. The number of amides is 2. The molecule has 0 saturated carbocycles. The van der Waals surface area contributed by atoms with Crippen molar-refractivity contribution in [2.24, 2.45) is 5.92 Å². The predicted octanol–water partition coefficient (Wildman–Crippen LogP) is 2.19. The van der Waals surface area contributed by atoms with Crippen LogP contribution in [0.15, 0.2) is 48.5 Å². The Kier molecular flexibility index (Phi) is 6.49. The first-order valence-corrected chi connectivity index (χ1v) is 9.41. The molecule has 2 aromatic rings. The third-order valence-electron chi connectivity index (χ3n) is 4.97. The van der Waals surface area contributed by atoms with Crippen molar-refractivity contribution in [3.05, 3.63) is 59.7 Å². The smallest absolute Gasteiger partial charge is 0.337 e. The van der Waals surface area contributed by atoms with Crippen LogP contribution in [0.25, 0.3) is 0 Å². The van der Waals surface area contributed by atoms with Crippen LogP contribution in [0.5, 0.6) is 5.75 Å². The van der Waals surface area contributed by atoms with Crippen LogP contribution in [-0.2, 0) is 20.7 Å². The number of methoxy groups -OCH3 is 2. The summed E-state index contributed by atoms with van der Waals surface area (Å²) in [6.07, 6.45) is 0.877. The number of ether oxygens (including phenoxy) is 2. The van der Waals surface area contributed by atoms with E-state index in [0.717, 1.165) is 11.3 Å². The summed E-state index contributed by atoms with van der Waals surface area (Å²) in [6, 6.07) is 14.3. The summed E-state index contributed by atoms with van der Waals surface area (Å²) in [5.41, 5.74) is 2.17. The summed E-state index contributed by atoms with van der Waals surface area (Å²) in [5.74, 6) is -0.259. The topological polar surface area (TPSA) is 84.9 Å². The van der Waals surface area contributed by atoms with Crippen LogP contribution in [0.3, 0.4) is 0 Å². The summed E-state index contributed by atoms with van der Waals surface area (Å²) in [6.45, 7) is 0.828. The summed E-state index contributed by atoms with van der Waals surface area (Å²) >= 11 is 0. The first-order chi connectivity index (χ1) is 14.0. The number of carbonyl (C=O) groups excluding carboxylic acids is 3. The Labute approximate surface area is 169 Å². The van der Waals surface area contributed by atoms with Crippen molar-refractivity contribution >= 4 is 23.5 Å². The fourth-order valence-corrected chi connectivity index (χ4v) is 3.29. The molecular formula is C22H24N2O5. The number of esters is 1. The Balaban J connectivity index is 1.52. The lowest BCUT2D eigenvalue weighted by Gasteiger charge is -2.17. The number of carbonyl (C=O) groups is 3. The van der Waals surface area contributed by atoms with Crippen LogP contribution in [0.4, 0.5) is 5.69 Å². The number of nitrogens with zero attached hydrogens (tertiary/aromatic N) is 1. The molecule has 0 aliphatic carbocycles. The van der Waals surface area contributed by atoms with E-state index in [-0.39, 0.29) is 18.2 Å². The molecule has 152 valence electrons. The molecular weight excluding hydrogens is 372 g/mol. The first kappa shape index (κ1) is 20.4. The van der Waals surface area contributed by atoms with E-state index in [0.29, 0.717) is 30.8 Å². The van der Waals surface area contributed by atoms with Crippen LogP contribution in [-0.4, -0.2) is 45.1 Å². The molecule has 0 bridgehead atoms. The zero-order chi connectivity index (χ0) is 20.8. The molecule has 2 amide bonds. The summed E-state index contributed by atoms with van der Waals surface area (Å²) in [4.78, 5) is 37.9. The second-order valence-electron chi connectivity index (χ2n) is 6.83. The van der Waals surface area contributed by atoms with Gasteiger partial charge in [-0.1, -0.05) is 12.1 Å². The lowest BCUT2D eigenvalue weighted by Crippen LogP contribution is -2.34. The second kappa shape index (κ2) is 9.23. The number of hydrogen-bond donors (Lipinski definition) is 1. The maximum Gasteiger partial charge on any atom is 0.337 e. The molecule has 0 spiro atoms. The summed E-state index contributed by atoms with van der Waals surface area (Å²) in [5, 5.41) is 2.92. The molecule has 2 aromatic carbocycles. The monoisotopic (exact) mass is 396 g/mol. The highest BCUT2D eigenvalue weighted by atomic mass is 16.5. The molecule has 0 aromatic heterocycles. The van der Waals surface area contributed by atoms with Gasteiger partial charge in [-0.25, -0.2) is 4.79 Å². The fourth-order valence-electron chi connectivity index (χ4n) is 3.29. The zero-order valence-corrected chi connectivity index (χ0v) is 16.5. The van der Waals surface area contributed by atoms with Crippen molar-refractivity contribution < 1.29 is 23.9 Å². The third kappa shape index (κ3) is 4.93. The molecule has 7 nitrogen and oxygen atoms in total. The zero-order valence-electron chi connectivity index (χ0n) is 16.5. The van der Waals surface area contributed by atoms with Gasteiger partial charge in [0.15, 0.2) is 0 Å². The van der Waals surface area contributed by atoms with Gasteiger partial charge < -0.3 is 19.7 Å². The Morgan fingerprint density at radius 1 is 1.07 bits per heavy atom. The molecule has 1 unspecified atom stereocenters. The van der Waals surface area contributed by atoms with Crippen LogP contribution in [0.1, 0.15) is 22.3 Å². The largest absolute Gasteiger partial charge is 0.497 e. The normalized spacial score (nSPS) is 15.9. The molecule has 0 radical (unpaired) electrons. The van der Waals surface area contributed by atoms with Gasteiger partial charge in [0.1, 0.15) is 5.75 Å². The molecule has 1 fully saturated rings. The predicted molar refractivity (Wildman–Crippen MR) is 108 cm³/mol. The molecule has 29 heavy (non-hydrogen) atoms. The van der Waals surface area contributed by atoms with Gasteiger partial charge in [0, 0.05) is 25.2 Å². The average molecular weight is 396 g/mol. The lowest BCUT2D eigenvalue weighted by atomic mass is 10.1. The Morgan fingerprint density at radius 2 is 1.76 bits per heavy atom. The number of nitrogens with one attached hydrogen (secondary N) is 1. The van der Waals surface area contributed by atoms with Crippen molar-refractivity contribution in [2.45, 2.75) is 12.8 Å². The average Bonchev–Trinajstić information content (AvgIpc) is 3.15. The maximum atomic E-state index is 12.5. The van der Waals surface area contributed by atoms with Crippen molar-refractivity contribution in [3.8, 4) is 5.75 Å². The maximum absolute atomic E-state index is 12.5. The van der Waals surface area contributed by atoms with E-state index >= 15 is 0 Å². The number of hydrogen-bond acceptors (Lipinski definition) is 5. The van der Waals surface area contributed by atoms with E-state index in [9.17, 15) is 14.4 Å². The van der Waals surface area contributed by atoms with Crippen molar-refractivity contribution in [2.75, 3.05) is 32.2 Å². The molecule has 7 heteroatoms. The molecule has 1 N–H and O–H groups in total. The van der Waals surface area contributed by atoms with Gasteiger partial charge in [-0.3, -0.25) is 9.59 Å². The highest BCUT2D eigenvalue weighted by Crippen LogP contribution is 2.25. The number of benzene rings is 2. The van der Waals surface area contributed by atoms with Crippen LogP contribution in [0.2, 0.25) is 0 Å². The van der Waals surface area contributed by atoms with Gasteiger partial charge in [0.25, 0.3) is 0 Å². The van der Waals surface area contributed by atoms with E-state index in [1.54, 1.807) is 36.3 Å². The molecule has 3 rings (SSSR count). The quantitative estimate of drug-likeness (QED) is 0.726. The summed E-state index contributed by atoms with van der Waals surface area (Å²) < 4.78 is 9.80. The van der Waals surface area contributed by atoms with E-state index in [4.69, 9.17) is 4.74 Å². The van der Waals surface area contributed by atoms with Crippen molar-refractivity contribution in [1.82, 2.24) is 5.32 Å². The SMILES string of the molecule is COC(=O)c1ccc(N2CC(C(=O)NCCc3ccc(OC)cc3)CC2=O)cc1. The Morgan fingerprint density at radius 3 is 2.38 bits per heavy atom. The van der Waals surface area contributed by atoms with Gasteiger partial charge in [0.2, 0.25) is 11.8 Å². The van der Waals surface area contributed by atoms with Crippen molar-refractivity contribution in [1.29, 1.82) is 0 Å². The Bertz CT molecular complexity index is 877. The van der Waals surface area contributed by atoms with Crippen LogP contribution >= 0.6 is 0 Å². The third-order valence-corrected chi connectivity index (χ3v) is 4.97. The highest BCUT2D eigenvalue weighted by molar-refractivity contribution is 6.00. The van der Waals surface area contributed by atoms with Gasteiger partial charge >= 0.3 is 5.97 Å². The van der Waals surface area contributed by atoms with Crippen molar-refractivity contribution in [3.63, 3.8) is 0 Å². The van der Waals surface area contributed by atoms with E-state index in [1.807, 2.05) is 24.3 Å². The molecule has 1 saturated heterocycles.